The SMILES string of the molecule is CON[C@H](CC(CCCN)c1nc2ccc3nc(-c4ccc5c(c4)ncc4nc([C@@H]6CCCN6C(=O)[C@@H](NC(=O)OC)C(C)C)[nH]c45)ccc3c2[nH]1)C(C)C. The van der Waals surface area contributed by atoms with Crippen LogP contribution >= 0.6 is 0 Å². The van der Waals surface area contributed by atoms with Crippen LogP contribution in [0.15, 0.2) is 48.7 Å². The Labute approximate surface area is 320 Å². The first-order valence-electron chi connectivity index (χ1n) is 19.3. The molecule has 1 fully saturated rings. The third-order valence-corrected chi connectivity index (χ3v) is 11.0. The van der Waals surface area contributed by atoms with Crippen LogP contribution in [-0.4, -0.2) is 86.2 Å². The van der Waals surface area contributed by atoms with Gasteiger partial charge in [0.25, 0.3) is 0 Å². The van der Waals surface area contributed by atoms with E-state index in [2.05, 4.69) is 58.9 Å². The number of carbonyl (C=O) groups is 2. The van der Waals surface area contributed by atoms with Crippen LogP contribution in [0.25, 0.3) is 55.1 Å². The molecule has 6 N–H and O–H groups in total. The number of alkyl carbamates (subject to hydrolysis) is 1. The van der Waals surface area contributed by atoms with Crippen molar-refractivity contribution in [3.05, 3.63) is 60.3 Å². The standard InChI is InChI=1S/C41H52N10O4/c1-22(2)31(50-55-6)20-25(9-7-17-42)38-45-30-16-15-29-26(36(30)47-38)13-14-28(44-29)24-11-12-27-32(19-24)43-21-33-37(27)48-39(46-33)34-10-8-18-51(34)40(52)35(23(3)4)49-41(53)54-5/h11-16,19,21-23,25,31,34-35,50H,7-10,17-18,20,42H2,1-6H3,(H,45,47)(H,46,48)(H,49,53)/t25?,31-,34+,35+/m1/s1. The zero-order valence-corrected chi connectivity index (χ0v) is 32.5. The number of H-pyrrole nitrogens is 2. The number of pyridine rings is 2. The Morgan fingerprint density at radius 2 is 1.69 bits per heavy atom. The molecule has 0 bridgehead atoms. The van der Waals surface area contributed by atoms with Crippen LogP contribution in [-0.2, 0) is 14.4 Å². The summed E-state index contributed by atoms with van der Waals surface area (Å²) in [6, 6.07) is 13.6. The number of imidazole rings is 2. The number of carbonyl (C=O) groups excluding carboxylic acids is 2. The topological polar surface area (TPSA) is 189 Å². The fourth-order valence-electron chi connectivity index (χ4n) is 7.90. The first kappa shape index (κ1) is 38.1. The maximum atomic E-state index is 13.7. The summed E-state index contributed by atoms with van der Waals surface area (Å²) in [5.74, 6) is 2.00. The summed E-state index contributed by atoms with van der Waals surface area (Å²) in [5.41, 5.74) is 16.1. The number of hydroxylamine groups is 1. The molecule has 14 nitrogen and oxygen atoms in total. The number of aromatic amines is 2. The molecule has 1 unspecified atom stereocenters. The van der Waals surface area contributed by atoms with Crippen molar-refractivity contribution < 1.29 is 19.2 Å². The second-order valence-corrected chi connectivity index (χ2v) is 15.3. The number of nitrogens with zero attached hydrogens (tertiary/aromatic N) is 5. The number of amides is 2. The lowest BCUT2D eigenvalue weighted by atomic mass is 9.89. The van der Waals surface area contributed by atoms with Crippen molar-refractivity contribution in [1.82, 2.24) is 45.6 Å². The van der Waals surface area contributed by atoms with Crippen LogP contribution in [0, 0.1) is 11.8 Å². The fourth-order valence-corrected chi connectivity index (χ4v) is 7.90. The van der Waals surface area contributed by atoms with E-state index in [1.165, 1.54) is 7.11 Å². The number of aromatic nitrogens is 6. The Balaban J connectivity index is 1.16. The van der Waals surface area contributed by atoms with Gasteiger partial charge >= 0.3 is 6.09 Å². The molecule has 4 atom stereocenters. The van der Waals surface area contributed by atoms with Crippen LogP contribution in [0.4, 0.5) is 4.79 Å². The van der Waals surface area contributed by atoms with Crippen molar-refractivity contribution in [2.24, 2.45) is 17.6 Å². The minimum Gasteiger partial charge on any atom is -0.453 e. The normalized spacial score (nSPS) is 16.5. The molecule has 7 rings (SSSR count). The minimum atomic E-state index is -0.699. The molecule has 1 saturated heterocycles. The summed E-state index contributed by atoms with van der Waals surface area (Å²) in [6.45, 7) is 9.42. The van der Waals surface area contributed by atoms with Gasteiger partial charge in [-0.1, -0.05) is 33.8 Å². The van der Waals surface area contributed by atoms with Gasteiger partial charge in [-0.15, -0.1) is 0 Å². The smallest absolute Gasteiger partial charge is 0.407 e. The highest BCUT2D eigenvalue weighted by atomic mass is 16.6. The molecule has 0 radical (unpaired) electrons. The Morgan fingerprint density at radius 1 is 0.927 bits per heavy atom. The Hall–Kier alpha value is -5.18. The van der Waals surface area contributed by atoms with Gasteiger partial charge in [0, 0.05) is 34.8 Å². The summed E-state index contributed by atoms with van der Waals surface area (Å²) >= 11 is 0. The predicted octanol–water partition coefficient (Wildman–Crippen LogP) is 6.63. The molecule has 14 heteroatoms. The van der Waals surface area contributed by atoms with Gasteiger partial charge in [0.05, 0.1) is 59.7 Å². The Bertz CT molecular complexity index is 2320. The van der Waals surface area contributed by atoms with Gasteiger partial charge in [0.15, 0.2) is 0 Å². The lowest BCUT2D eigenvalue weighted by Crippen LogP contribution is -2.51. The number of rotatable bonds is 14. The van der Waals surface area contributed by atoms with E-state index in [0.29, 0.717) is 24.8 Å². The number of likely N-dealkylation sites (tertiary alicyclic amines) is 1. The number of ether oxygens (including phenoxy) is 1. The van der Waals surface area contributed by atoms with Crippen molar-refractivity contribution in [1.29, 1.82) is 0 Å². The molecule has 4 aromatic heterocycles. The molecular formula is C41H52N10O4. The zero-order valence-electron chi connectivity index (χ0n) is 32.5. The molecule has 0 saturated carbocycles. The van der Waals surface area contributed by atoms with Gasteiger partial charge in [0.2, 0.25) is 5.91 Å². The highest BCUT2D eigenvalue weighted by molar-refractivity contribution is 6.05. The Morgan fingerprint density at radius 3 is 2.44 bits per heavy atom. The van der Waals surface area contributed by atoms with Gasteiger partial charge in [-0.2, -0.15) is 5.48 Å². The zero-order chi connectivity index (χ0) is 38.8. The lowest BCUT2D eigenvalue weighted by Gasteiger charge is -2.29. The summed E-state index contributed by atoms with van der Waals surface area (Å²) in [6.07, 6.45) is 5.47. The minimum absolute atomic E-state index is 0.112. The molecule has 1 aliphatic heterocycles. The van der Waals surface area contributed by atoms with E-state index in [1.807, 2.05) is 36.9 Å². The average Bonchev–Trinajstić information content (AvgIpc) is 3.96. The lowest BCUT2D eigenvalue weighted by molar-refractivity contribution is -0.135. The van der Waals surface area contributed by atoms with Crippen molar-refractivity contribution >= 4 is 55.9 Å². The fraction of sp³-hybridized carbons (Fsp3) is 0.463. The second kappa shape index (κ2) is 16.3. The van der Waals surface area contributed by atoms with Crippen LogP contribution in [0.3, 0.4) is 0 Å². The van der Waals surface area contributed by atoms with Crippen molar-refractivity contribution in [2.75, 3.05) is 27.3 Å². The number of hydrogen-bond donors (Lipinski definition) is 5. The van der Waals surface area contributed by atoms with Crippen molar-refractivity contribution in [2.45, 2.75) is 83.8 Å². The monoisotopic (exact) mass is 748 g/mol. The summed E-state index contributed by atoms with van der Waals surface area (Å²) in [5, 5.41) is 4.66. The molecule has 2 amide bonds. The van der Waals surface area contributed by atoms with Crippen LogP contribution in [0.5, 0.6) is 0 Å². The molecule has 6 aromatic rings. The van der Waals surface area contributed by atoms with Gasteiger partial charge in [-0.3, -0.25) is 9.78 Å². The molecule has 5 heterocycles. The van der Waals surface area contributed by atoms with Crippen LogP contribution in [0.1, 0.15) is 83.4 Å². The van der Waals surface area contributed by atoms with E-state index in [0.717, 1.165) is 93.1 Å². The van der Waals surface area contributed by atoms with E-state index < -0.39 is 12.1 Å². The highest BCUT2D eigenvalue weighted by Crippen LogP contribution is 2.36. The first-order valence-corrected chi connectivity index (χ1v) is 19.3. The van der Waals surface area contributed by atoms with E-state index in [4.69, 9.17) is 35.2 Å². The molecule has 0 aliphatic carbocycles. The number of fused-ring (bicyclic) bond motifs is 6. The van der Waals surface area contributed by atoms with Crippen LogP contribution < -0.4 is 16.5 Å². The average molecular weight is 749 g/mol. The second-order valence-electron chi connectivity index (χ2n) is 15.3. The van der Waals surface area contributed by atoms with E-state index in [1.54, 1.807) is 13.3 Å². The third kappa shape index (κ3) is 7.71. The quantitative estimate of drug-likeness (QED) is 0.0756. The molecule has 2 aromatic carbocycles. The Kier molecular flexibility index (Phi) is 11.3. The van der Waals surface area contributed by atoms with Gasteiger partial charge in [-0.25, -0.2) is 19.7 Å². The van der Waals surface area contributed by atoms with Crippen molar-refractivity contribution in [3.63, 3.8) is 0 Å². The highest BCUT2D eigenvalue weighted by Gasteiger charge is 2.37. The predicted molar refractivity (Wildman–Crippen MR) is 214 cm³/mol. The van der Waals surface area contributed by atoms with Gasteiger partial charge < -0.3 is 35.5 Å². The number of benzene rings is 2. The summed E-state index contributed by atoms with van der Waals surface area (Å²) < 4.78 is 4.78. The molecular weight excluding hydrogens is 697 g/mol. The molecule has 1 aliphatic rings. The van der Waals surface area contributed by atoms with E-state index >= 15 is 0 Å². The number of hydrogen-bond acceptors (Lipinski definition) is 10. The largest absolute Gasteiger partial charge is 0.453 e. The van der Waals surface area contributed by atoms with Crippen molar-refractivity contribution in [3.8, 4) is 11.3 Å². The van der Waals surface area contributed by atoms with Gasteiger partial charge in [-0.05, 0) is 86.9 Å². The van der Waals surface area contributed by atoms with Gasteiger partial charge in [0.1, 0.15) is 23.2 Å². The third-order valence-electron chi connectivity index (χ3n) is 11.0. The summed E-state index contributed by atoms with van der Waals surface area (Å²) in [7, 11) is 2.96. The summed E-state index contributed by atoms with van der Waals surface area (Å²) in [4.78, 5) is 59.9. The van der Waals surface area contributed by atoms with E-state index in [-0.39, 0.29) is 29.8 Å². The first-order chi connectivity index (χ1) is 26.6. The number of nitrogens with one attached hydrogen (secondary N) is 4. The number of nitrogens with two attached hydrogens (primary N) is 1. The number of methoxy groups -OCH3 is 1. The van der Waals surface area contributed by atoms with Crippen LogP contribution in [0.2, 0.25) is 0 Å². The maximum Gasteiger partial charge on any atom is 0.407 e. The van der Waals surface area contributed by atoms with E-state index in [9.17, 15) is 9.59 Å². The molecule has 0 spiro atoms. The molecule has 55 heavy (non-hydrogen) atoms. The molecule has 290 valence electrons. The maximum absolute atomic E-state index is 13.7.